The Morgan fingerprint density at radius 3 is 2.61 bits per heavy atom. The molecule has 142 valence electrons. The second-order valence-electron chi connectivity index (χ2n) is 6.24. The van der Waals surface area contributed by atoms with Gasteiger partial charge in [-0.3, -0.25) is 4.40 Å². The molecule has 0 saturated carbocycles. The molecule has 0 amide bonds. The summed E-state index contributed by atoms with van der Waals surface area (Å²) >= 11 is 8.01. The number of aryl methyl sites for hydroxylation is 1. The van der Waals surface area contributed by atoms with Crippen molar-refractivity contribution in [3.63, 3.8) is 0 Å². The molecule has 2 heterocycles. The molecule has 0 aliphatic carbocycles. The van der Waals surface area contributed by atoms with E-state index in [-0.39, 0.29) is 0 Å². The van der Waals surface area contributed by atoms with Crippen molar-refractivity contribution in [1.29, 1.82) is 0 Å². The monoisotopic (exact) mass is 413 g/mol. The second kappa shape index (κ2) is 7.45. The van der Waals surface area contributed by atoms with Crippen LogP contribution < -0.4 is 4.74 Å². The summed E-state index contributed by atoms with van der Waals surface area (Å²) in [4.78, 5) is 10.1. The van der Waals surface area contributed by atoms with Crippen LogP contribution in [0.15, 0.2) is 53.6 Å². The standard InChI is InChI=1S/C21H17ClFN3OS/c1-12-8-9-26-20(13-4-7-18(28-3)16(22)10-13)19(25-21(26)24-12)15-6-5-14(27-2)11-17(15)23/h4-11H,1-3H3. The van der Waals surface area contributed by atoms with Crippen molar-refractivity contribution < 1.29 is 9.13 Å². The number of rotatable bonds is 4. The van der Waals surface area contributed by atoms with Gasteiger partial charge in [0.25, 0.3) is 0 Å². The molecule has 28 heavy (non-hydrogen) atoms. The van der Waals surface area contributed by atoms with Crippen LogP contribution in [0, 0.1) is 12.7 Å². The van der Waals surface area contributed by atoms with Crippen LogP contribution in [-0.2, 0) is 0 Å². The Balaban J connectivity index is 2.01. The molecular weight excluding hydrogens is 397 g/mol. The maximum atomic E-state index is 14.8. The van der Waals surface area contributed by atoms with Crippen LogP contribution in [-0.4, -0.2) is 27.7 Å². The third-order valence-electron chi connectivity index (χ3n) is 4.49. The first kappa shape index (κ1) is 18.8. The zero-order chi connectivity index (χ0) is 19.8. The van der Waals surface area contributed by atoms with Crippen LogP contribution in [0.3, 0.4) is 0 Å². The molecule has 0 N–H and O–H groups in total. The molecule has 0 aliphatic heterocycles. The highest BCUT2D eigenvalue weighted by molar-refractivity contribution is 7.98. The zero-order valence-corrected chi connectivity index (χ0v) is 17.1. The third-order valence-corrected chi connectivity index (χ3v) is 5.71. The first-order chi connectivity index (χ1) is 13.5. The molecule has 2 aromatic heterocycles. The van der Waals surface area contributed by atoms with Crippen LogP contribution >= 0.6 is 23.4 Å². The van der Waals surface area contributed by atoms with E-state index in [2.05, 4.69) is 9.97 Å². The summed E-state index contributed by atoms with van der Waals surface area (Å²) in [6.45, 7) is 1.89. The van der Waals surface area contributed by atoms with E-state index in [0.29, 0.717) is 27.8 Å². The maximum absolute atomic E-state index is 14.8. The van der Waals surface area contributed by atoms with Crippen molar-refractivity contribution >= 4 is 29.1 Å². The fraction of sp³-hybridized carbons (Fsp3) is 0.143. The van der Waals surface area contributed by atoms with Crippen LogP contribution in [0.2, 0.25) is 5.02 Å². The number of methoxy groups -OCH3 is 1. The van der Waals surface area contributed by atoms with Crippen molar-refractivity contribution in [2.45, 2.75) is 11.8 Å². The molecule has 0 atom stereocenters. The van der Waals surface area contributed by atoms with Crippen LogP contribution in [0.5, 0.6) is 5.75 Å². The lowest BCUT2D eigenvalue weighted by molar-refractivity contribution is 0.411. The Labute approximate surface area is 171 Å². The van der Waals surface area contributed by atoms with E-state index in [1.807, 2.05) is 48.0 Å². The van der Waals surface area contributed by atoms with Crippen LogP contribution in [0.4, 0.5) is 4.39 Å². The first-order valence-electron chi connectivity index (χ1n) is 8.55. The SMILES string of the molecule is COc1ccc(-c2nc3nc(C)ccn3c2-c2ccc(SC)c(Cl)c2)c(F)c1. The minimum atomic E-state index is -0.410. The van der Waals surface area contributed by atoms with E-state index < -0.39 is 5.82 Å². The van der Waals surface area contributed by atoms with Gasteiger partial charge in [0.1, 0.15) is 17.3 Å². The van der Waals surface area contributed by atoms with Crippen molar-refractivity contribution in [1.82, 2.24) is 14.4 Å². The number of hydrogen-bond donors (Lipinski definition) is 0. The fourth-order valence-corrected chi connectivity index (χ4v) is 3.98. The van der Waals surface area contributed by atoms with Gasteiger partial charge in [-0.2, -0.15) is 0 Å². The van der Waals surface area contributed by atoms with Gasteiger partial charge in [0, 0.05) is 34.0 Å². The number of imidazole rings is 1. The van der Waals surface area contributed by atoms with Gasteiger partial charge in [-0.25, -0.2) is 14.4 Å². The lowest BCUT2D eigenvalue weighted by atomic mass is 10.0. The van der Waals surface area contributed by atoms with Crippen molar-refractivity contribution in [3.8, 4) is 28.3 Å². The molecule has 4 aromatic rings. The summed E-state index contributed by atoms with van der Waals surface area (Å²) in [7, 11) is 1.51. The number of halogens is 2. The van der Waals surface area contributed by atoms with Gasteiger partial charge >= 0.3 is 0 Å². The Morgan fingerprint density at radius 1 is 1.11 bits per heavy atom. The molecule has 0 spiro atoms. The summed E-state index contributed by atoms with van der Waals surface area (Å²) in [5.74, 6) is 0.547. The number of aromatic nitrogens is 3. The number of hydrogen-bond acceptors (Lipinski definition) is 4. The molecule has 0 bridgehead atoms. The Morgan fingerprint density at radius 2 is 1.93 bits per heavy atom. The van der Waals surface area contributed by atoms with E-state index in [9.17, 15) is 4.39 Å². The molecule has 0 saturated heterocycles. The van der Waals surface area contributed by atoms with Gasteiger partial charge in [0.05, 0.1) is 17.8 Å². The smallest absolute Gasteiger partial charge is 0.235 e. The number of ether oxygens (including phenoxy) is 1. The number of fused-ring (bicyclic) bond motifs is 1. The Hall–Kier alpha value is -2.57. The third kappa shape index (κ3) is 3.23. The largest absolute Gasteiger partial charge is 0.497 e. The average molecular weight is 414 g/mol. The Kier molecular flexibility index (Phi) is 5.00. The van der Waals surface area contributed by atoms with Gasteiger partial charge in [0.15, 0.2) is 0 Å². The van der Waals surface area contributed by atoms with Gasteiger partial charge in [-0.1, -0.05) is 17.7 Å². The highest BCUT2D eigenvalue weighted by Crippen LogP contribution is 2.37. The van der Waals surface area contributed by atoms with Gasteiger partial charge in [0.2, 0.25) is 5.78 Å². The first-order valence-corrected chi connectivity index (χ1v) is 10.2. The normalized spacial score (nSPS) is 11.2. The van der Waals surface area contributed by atoms with Gasteiger partial charge in [-0.05, 0) is 43.5 Å². The topological polar surface area (TPSA) is 39.4 Å². The number of nitrogens with zero attached hydrogens (tertiary/aromatic N) is 3. The van der Waals surface area contributed by atoms with E-state index in [1.54, 1.807) is 23.9 Å². The Bertz CT molecular complexity index is 1190. The van der Waals surface area contributed by atoms with E-state index >= 15 is 0 Å². The highest BCUT2D eigenvalue weighted by atomic mass is 35.5. The summed E-state index contributed by atoms with van der Waals surface area (Å²) in [6, 6.07) is 12.4. The highest BCUT2D eigenvalue weighted by Gasteiger charge is 2.20. The molecule has 7 heteroatoms. The second-order valence-corrected chi connectivity index (χ2v) is 7.50. The summed E-state index contributed by atoms with van der Waals surface area (Å²) in [5.41, 5.74) is 3.30. The predicted molar refractivity (Wildman–Crippen MR) is 112 cm³/mol. The number of benzene rings is 2. The molecule has 0 aliphatic rings. The van der Waals surface area contributed by atoms with Gasteiger partial charge in [-0.15, -0.1) is 11.8 Å². The summed E-state index contributed by atoms with van der Waals surface area (Å²) < 4.78 is 21.8. The zero-order valence-electron chi connectivity index (χ0n) is 15.5. The quantitative estimate of drug-likeness (QED) is 0.391. The molecule has 0 unspecified atom stereocenters. The lowest BCUT2D eigenvalue weighted by Gasteiger charge is -2.09. The van der Waals surface area contributed by atoms with Crippen molar-refractivity contribution in [2.75, 3.05) is 13.4 Å². The molecule has 2 aromatic carbocycles. The van der Waals surface area contributed by atoms with E-state index in [0.717, 1.165) is 21.8 Å². The van der Waals surface area contributed by atoms with Crippen LogP contribution in [0.25, 0.3) is 28.3 Å². The van der Waals surface area contributed by atoms with E-state index in [4.69, 9.17) is 16.3 Å². The van der Waals surface area contributed by atoms with Crippen molar-refractivity contribution in [2.24, 2.45) is 0 Å². The molecule has 4 nitrogen and oxygen atoms in total. The van der Waals surface area contributed by atoms with Crippen molar-refractivity contribution in [3.05, 3.63) is 65.2 Å². The summed E-state index contributed by atoms with van der Waals surface area (Å²) in [5, 5.41) is 0.640. The molecule has 0 fully saturated rings. The summed E-state index contributed by atoms with van der Waals surface area (Å²) in [6.07, 6.45) is 3.86. The molecule has 0 radical (unpaired) electrons. The number of thioether (sulfide) groups is 1. The minimum absolute atomic E-state index is 0.379. The van der Waals surface area contributed by atoms with Gasteiger partial charge < -0.3 is 4.74 Å². The fourth-order valence-electron chi connectivity index (χ4n) is 3.11. The minimum Gasteiger partial charge on any atom is -0.497 e. The molecule has 4 rings (SSSR count). The lowest BCUT2D eigenvalue weighted by Crippen LogP contribution is -1.94. The predicted octanol–water partition coefficient (Wildman–Crippen LogP) is 5.89. The van der Waals surface area contributed by atoms with Crippen LogP contribution in [0.1, 0.15) is 5.69 Å². The molecular formula is C21H17ClFN3OS. The van der Waals surface area contributed by atoms with E-state index in [1.165, 1.54) is 13.2 Å². The maximum Gasteiger partial charge on any atom is 0.235 e. The average Bonchev–Trinajstić information content (AvgIpc) is 3.05.